The van der Waals surface area contributed by atoms with Crippen LogP contribution >= 0.6 is 0 Å². The SMILES string of the molecule is Cc1ccc(N2c3ccc(cc3)C(C)c3ccc(cc3)N(c3ccc(C)cc3)c3c2c2ccccc2c2ccccc32)cc1. The van der Waals surface area contributed by atoms with Gasteiger partial charge in [0.1, 0.15) is 0 Å². The van der Waals surface area contributed by atoms with E-state index < -0.39 is 0 Å². The standard InChI is InChI=1S/C42H34N2/c1-28-12-20-33(21-13-28)43-35-24-16-31(17-25-35)30(3)32-18-26-36(27-19-32)44(34-22-14-29(2)15-23-34)42-40-11-7-5-9-38(40)37-8-4-6-10-39(37)41(42)43/h4-27,30H,1-3H3. The molecule has 4 aliphatic heterocycles. The molecule has 4 heterocycles. The molecule has 44 heavy (non-hydrogen) atoms. The van der Waals surface area contributed by atoms with Crippen LogP contribution in [0.25, 0.3) is 21.5 Å². The van der Waals surface area contributed by atoms with Crippen LogP contribution in [0.15, 0.2) is 146 Å². The summed E-state index contributed by atoms with van der Waals surface area (Å²) in [5.74, 6) is 0.281. The zero-order valence-electron chi connectivity index (χ0n) is 25.3. The van der Waals surface area contributed by atoms with Gasteiger partial charge in [-0.3, -0.25) is 0 Å². The molecule has 212 valence electrons. The van der Waals surface area contributed by atoms with Gasteiger partial charge in [-0.25, -0.2) is 0 Å². The highest BCUT2D eigenvalue weighted by Crippen LogP contribution is 2.53. The first kappa shape index (κ1) is 26.3. The summed E-state index contributed by atoms with van der Waals surface area (Å²) in [6.07, 6.45) is 0. The minimum Gasteiger partial charge on any atom is -0.308 e. The molecule has 0 fully saturated rings. The summed E-state index contributed by atoms with van der Waals surface area (Å²) in [6.45, 7) is 6.60. The zero-order valence-corrected chi connectivity index (χ0v) is 25.3. The van der Waals surface area contributed by atoms with Gasteiger partial charge in [-0.1, -0.05) is 115 Å². The second-order valence-corrected chi connectivity index (χ2v) is 12.0. The van der Waals surface area contributed by atoms with Crippen LogP contribution in [0.3, 0.4) is 0 Å². The van der Waals surface area contributed by atoms with Gasteiger partial charge in [0.05, 0.1) is 11.4 Å². The summed E-state index contributed by atoms with van der Waals surface area (Å²) in [6, 6.07) is 54.0. The van der Waals surface area contributed by atoms with E-state index in [0.717, 1.165) is 34.1 Å². The molecule has 4 aliphatic rings. The molecule has 7 aromatic rings. The Morgan fingerprint density at radius 2 is 0.659 bits per heavy atom. The molecule has 7 aromatic carbocycles. The van der Waals surface area contributed by atoms with Gasteiger partial charge < -0.3 is 9.80 Å². The van der Waals surface area contributed by atoms with Crippen LogP contribution < -0.4 is 9.80 Å². The Hall–Kier alpha value is -5.34. The van der Waals surface area contributed by atoms with E-state index >= 15 is 0 Å². The molecular weight excluding hydrogens is 532 g/mol. The van der Waals surface area contributed by atoms with Crippen LogP contribution in [0, 0.1) is 13.8 Å². The van der Waals surface area contributed by atoms with Crippen LogP contribution in [0.2, 0.25) is 0 Å². The van der Waals surface area contributed by atoms with Crippen molar-refractivity contribution in [3.63, 3.8) is 0 Å². The molecular formula is C42H34N2. The number of hydrogen-bond donors (Lipinski definition) is 0. The molecule has 0 saturated heterocycles. The van der Waals surface area contributed by atoms with E-state index in [0.29, 0.717) is 0 Å². The highest BCUT2D eigenvalue weighted by atomic mass is 15.2. The van der Waals surface area contributed by atoms with Gasteiger partial charge in [-0.15, -0.1) is 0 Å². The van der Waals surface area contributed by atoms with Crippen LogP contribution in [-0.2, 0) is 0 Å². The number of fused-ring (bicyclic) bond motifs is 3. The fourth-order valence-electron chi connectivity index (χ4n) is 6.78. The van der Waals surface area contributed by atoms with Crippen LogP contribution in [0.4, 0.5) is 34.1 Å². The smallest absolute Gasteiger partial charge is 0.0788 e. The molecule has 0 N–H and O–H groups in total. The first-order chi connectivity index (χ1) is 21.6. The summed E-state index contributed by atoms with van der Waals surface area (Å²) >= 11 is 0. The maximum Gasteiger partial charge on any atom is 0.0788 e. The molecule has 0 saturated carbocycles. The van der Waals surface area contributed by atoms with Gasteiger partial charge >= 0.3 is 0 Å². The van der Waals surface area contributed by atoms with Gasteiger partial charge in [0.2, 0.25) is 0 Å². The summed E-state index contributed by atoms with van der Waals surface area (Å²) < 4.78 is 0. The van der Waals surface area contributed by atoms with E-state index in [4.69, 9.17) is 0 Å². The Kier molecular flexibility index (Phi) is 6.23. The average Bonchev–Trinajstić information content (AvgIpc) is 3.09. The minimum absolute atomic E-state index is 0.281. The van der Waals surface area contributed by atoms with E-state index in [1.165, 1.54) is 43.8 Å². The molecule has 0 aliphatic carbocycles. The Bertz CT molecular complexity index is 1970. The lowest BCUT2D eigenvalue weighted by molar-refractivity contribution is 0.922. The Morgan fingerprint density at radius 1 is 0.364 bits per heavy atom. The number of nitrogens with zero attached hydrogens (tertiary/aromatic N) is 2. The number of anilines is 6. The number of aryl methyl sites for hydroxylation is 2. The Morgan fingerprint density at radius 3 is 1.00 bits per heavy atom. The Balaban J connectivity index is 1.60. The molecule has 11 rings (SSSR count). The highest BCUT2D eigenvalue weighted by molar-refractivity contribution is 6.23. The normalized spacial score (nSPS) is 13.2. The van der Waals surface area contributed by atoms with Crippen molar-refractivity contribution >= 4 is 55.7 Å². The lowest BCUT2D eigenvalue weighted by atomic mass is 9.93. The molecule has 0 aromatic heterocycles. The first-order valence-electron chi connectivity index (χ1n) is 15.4. The summed E-state index contributed by atoms with van der Waals surface area (Å²) in [5.41, 5.74) is 12.0. The van der Waals surface area contributed by atoms with Gasteiger partial charge in [-0.05, 0) is 84.3 Å². The second kappa shape index (κ2) is 10.4. The van der Waals surface area contributed by atoms with Gasteiger partial charge in [-0.2, -0.15) is 0 Å². The summed E-state index contributed by atoms with van der Waals surface area (Å²) in [4.78, 5) is 4.93. The molecule has 2 nitrogen and oxygen atoms in total. The van der Waals surface area contributed by atoms with E-state index in [-0.39, 0.29) is 5.92 Å². The monoisotopic (exact) mass is 566 g/mol. The van der Waals surface area contributed by atoms with Crippen molar-refractivity contribution in [1.82, 2.24) is 0 Å². The lowest BCUT2D eigenvalue weighted by Crippen LogP contribution is -2.18. The first-order valence-corrected chi connectivity index (χ1v) is 15.4. The largest absolute Gasteiger partial charge is 0.308 e. The third kappa shape index (κ3) is 4.26. The molecule has 4 bridgehead atoms. The molecule has 2 heteroatoms. The van der Waals surface area contributed by atoms with E-state index in [1.54, 1.807) is 0 Å². The predicted octanol–water partition coefficient (Wildman–Crippen LogP) is 12.0. The van der Waals surface area contributed by atoms with E-state index in [1.807, 2.05) is 0 Å². The quantitative estimate of drug-likeness (QED) is 0.192. The highest BCUT2D eigenvalue weighted by Gasteiger charge is 2.28. The average molecular weight is 567 g/mol. The minimum atomic E-state index is 0.281. The molecule has 0 spiro atoms. The van der Waals surface area contributed by atoms with E-state index in [2.05, 4.69) is 176 Å². The summed E-state index contributed by atoms with van der Waals surface area (Å²) in [5, 5.41) is 4.91. The van der Waals surface area contributed by atoms with Gasteiger partial charge in [0.25, 0.3) is 0 Å². The zero-order chi connectivity index (χ0) is 29.8. The van der Waals surface area contributed by atoms with Gasteiger partial charge in [0, 0.05) is 39.4 Å². The number of hydrogen-bond acceptors (Lipinski definition) is 2. The second-order valence-electron chi connectivity index (χ2n) is 12.0. The number of rotatable bonds is 2. The van der Waals surface area contributed by atoms with Crippen LogP contribution in [-0.4, -0.2) is 0 Å². The molecule has 0 amide bonds. The maximum atomic E-state index is 2.46. The fourth-order valence-corrected chi connectivity index (χ4v) is 6.78. The third-order valence-corrected chi connectivity index (χ3v) is 9.21. The van der Waals surface area contributed by atoms with Crippen molar-refractivity contribution in [3.05, 3.63) is 168 Å². The van der Waals surface area contributed by atoms with Crippen LogP contribution in [0.1, 0.15) is 35.1 Å². The number of benzene rings is 7. The van der Waals surface area contributed by atoms with Crippen molar-refractivity contribution in [1.29, 1.82) is 0 Å². The third-order valence-electron chi connectivity index (χ3n) is 9.21. The molecule has 0 unspecified atom stereocenters. The summed E-state index contributed by atoms with van der Waals surface area (Å²) in [7, 11) is 0. The topological polar surface area (TPSA) is 6.48 Å². The van der Waals surface area contributed by atoms with Crippen molar-refractivity contribution in [2.45, 2.75) is 26.7 Å². The van der Waals surface area contributed by atoms with Crippen molar-refractivity contribution < 1.29 is 0 Å². The predicted molar refractivity (Wildman–Crippen MR) is 188 cm³/mol. The fraction of sp³-hybridized carbons (Fsp3) is 0.0952. The lowest BCUT2D eigenvalue weighted by Gasteiger charge is -2.35. The van der Waals surface area contributed by atoms with Crippen molar-refractivity contribution in [3.8, 4) is 0 Å². The van der Waals surface area contributed by atoms with Gasteiger partial charge in [0.15, 0.2) is 0 Å². The molecule has 0 radical (unpaired) electrons. The maximum absolute atomic E-state index is 2.46. The van der Waals surface area contributed by atoms with Crippen molar-refractivity contribution in [2.75, 3.05) is 9.80 Å². The Labute approximate surface area is 259 Å². The van der Waals surface area contributed by atoms with Crippen molar-refractivity contribution in [2.24, 2.45) is 0 Å². The van der Waals surface area contributed by atoms with E-state index in [9.17, 15) is 0 Å². The van der Waals surface area contributed by atoms with Crippen LogP contribution in [0.5, 0.6) is 0 Å². The molecule has 0 atom stereocenters.